The van der Waals surface area contributed by atoms with Gasteiger partial charge in [-0.1, -0.05) is 60.5 Å². The summed E-state index contributed by atoms with van der Waals surface area (Å²) in [6.07, 6.45) is 7.07. The van der Waals surface area contributed by atoms with Gasteiger partial charge >= 0.3 is 0 Å². The monoisotopic (exact) mass is 512 g/mol. The normalized spacial score (nSPS) is 19.6. The number of hydrogen-bond acceptors (Lipinski definition) is 2. The Bertz CT molecular complexity index is 1230. The summed E-state index contributed by atoms with van der Waals surface area (Å²) in [7, 11) is 0. The van der Waals surface area contributed by atoms with Crippen LogP contribution in [-0.2, 0) is 4.79 Å². The highest BCUT2D eigenvalue weighted by atomic mass is 19.1. The summed E-state index contributed by atoms with van der Waals surface area (Å²) in [5.74, 6) is 0.836. The lowest BCUT2D eigenvalue weighted by Crippen LogP contribution is -2.50. The van der Waals surface area contributed by atoms with Crippen molar-refractivity contribution in [3.63, 3.8) is 0 Å². The minimum absolute atomic E-state index is 0.0480. The van der Waals surface area contributed by atoms with Crippen molar-refractivity contribution >= 4 is 11.8 Å². The van der Waals surface area contributed by atoms with Gasteiger partial charge in [0.05, 0.1) is 0 Å². The average molecular weight is 513 g/mol. The Morgan fingerprint density at radius 1 is 0.895 bits per heavy atom. The molecule has 1 heterocycles. The Hall–Kier alpha value is -3.47. The molecule has 0 spiro atoms. The number of piperidine rings is 1. The second-order valence-electron chi connectivity index (χ2n) is 10.9. The predicted molar refractivity (Wildman–Crippen MR) is 149 cm³/mol. The Labute approximate surface area is 225 Å². The van der Waals surface area contributed by atoms with Gasteiger partial charge < -0.3 is 10.2 Å². The number of carbonyl (C=O) groups is 2. The first kappa shape index (κ1) is 26.1. The summed E-state index contributed by atoms with van der Waals surface area (Å²) in [4.78, 5) is 28.5. The van der Waals surface area contributed by atoms with Crippen molar-refractivity contribution in [3.8, 4) is 11.1 Å². The van der Waals surface area contributed by atoms with Crippen molar-refractivity contribution in [3.05, 3.63) is 95.3 Å². The highest BCUT2D eigenvalue weighted by Crippen LogP contribution is 2.50. The number of rotatable bonds is 9. The van der Waals surface area contributed by atoms with Gasteiger partial charge in [-0.15, -0.1) is 0 Å². The number of hydrogen-bond donors (Lipinski definition) is 1. The van der Waals surface area contributed by atoms with Crippen LogP contribution in [0, 0.1) is 18.7 Å². The molecule has 1 saturated heterocycles. The van der Waals surface area contributed by atoms with Gasteiger partial charge in [0.25, 0.3) is 5.91 Å². The maximum atomic E-state index is 13.4. The summed E-state index contributed by atoms with van der Waals surface area (Å²) in [5, 5.41) is 3.06. The Morgan fingerprint density at radius 2 is 1.53 bits per heavy atom. The van der Waals surface area contributed by atoms with Gasteiger partial charge in [0.1, 0.15) is 11.9 Å². The molecule has 0 aromatic heterocycles. The van der Waals surface area contributed by atoms with Crippen LogP contribution in [0.25, 0.3) is 11.1 Å². The largest absolute Gasteiger partial charge is 0.341 e. The minimum Gasteiger partial charge on any atom is -0.341 e. The van der Waals surface area contributed by atoms with Crippen molar-refractivity contribution in [1.82, 2.24) is 10.2 Å². The van der Waals surface area contributed by atoms with Crippen LogP contribution in [0.4, 0.5) is 4.39 Å². The lowest BCUT2D eigenvalue weighted by Gasteiger charge is -2.31. The molecule has 1 N–H and O–H groups in total. The first-order valence-corrected chi connectivity index (χ1v) is 14.0. The molecule has 2 fully saturated rings. The fraction of sp³-hybridized carbons (Fsp3) is 0.394. The number of halogens is 1. The molecule has 198 valence electrons. The first-order valence-electron chi connectivity index (χ1n) is 14.0. The van der Waals surface area contributed by atoms with Crippen LogP contribution in [0.15, 0.2) is 72.8 Å². The van der Waals surface area contributed by atoms with Crippen molar-refractivity contribution in [2.45, 2.75) is 63.8 Å². The topological polar surface area (TPSA) is 49.4 Å². The molecule has 2 aliphatic rings. The molecule has 5 rings (SSSR count). The number of likely N-dealkylation sites (tertiary alicyclic amines) is 1. The highest BCUT2D eigenvalue weighted by molar-refractivity contribution is 5.98. The van der Waals surface area contributed by atoms with E-state index in [4.69, 9.17) is 0 Å². The van der Waals surface area contributed by atoms with E-state index >= 15 is 0 Å². The third kappa shape index (κ3) is 6.50. The van der Waals surface area contributed by atoms with Crippen molar-refractivity contribution in [1.29, 1.82) is 0 Å². The zero-order chi connectivity index (χ0) is 26.5. The fourth-order valence-electron chi connectivity index (χ4n) is 5.66. The Balaban J connectivity index is 1.20. The van der Waals surface area contributed by atoms with Crippen LogP contribution in [0.5, 0.6) is 0 Å². The zero-order valence-electron chi connectivity index (χ0n) is 22.2. The van der Waals surface area contributed by atoms with Crippen LogP contribution in [0.2, 0.25) is 0 Å². The third-order valence-electron chi connectivity index (χ3n) is 8.09. The van der Waals surface area contributed by atoms with Crippen LogP contribution in [0.3, 0.4) is 0 Å². The molecule has 1 aliphatic carbocycles. The van der Waals surface area contributed by atoms with E-state index in [1.165, 1.54) is 29.7 Å². The summed E-state index contributed by atoms with van der Waals surface area (Å²) >= 11 is 0. The number of amides is 2. The molecule has 3 aromatic carbocycles. The highest BCUT2D eigenvalue weighted by Gasteiger charge is 2.38. The molecule has 38 heavy (non-hydrogen) atoms. The maximum absolute atomic E-state index is 13.4. The van der Waals surface area contributed by atoms with E-state index < -0.39 is 6.04 Å². The fourth-order valence-corrected chi connectivity index (χ4v) is 5.66. The number of aryl methyl sites for hydroxylation is 1. The number of carbonyl (C=O) groups excluding carboxylic acids is 2. The molecule has 4 nitrogen and oxygen atoms in total. The van der Waals surface area contributed by atoms with E-state index in [9.17, 15) is 14.0 Å². The molecule has 3 aromatic rings. The van der Waals surface area contributed by atoms with Gasteiger partial charge in [-0.25, -0.2) is 4.39 Å². The van der Waals surface area contributed by atoms with Crippen LogP contribution >= 0.6 is 0 Å². The lowest BCUT2D eigenvalue weighted by molar-refractivity contribution is -0.134. The molecule has 0 unspecified atom stereocenters. The summed E-state index contributed by atoms with van der Waals surface area (Å²) in [6, 6.07) is 21.9. The lowest BCUT2D eigenvalue weighted by atomic mass is 10.0. The molecule has 1 saturated carbocycles. The van der Waals surface area contributed by atoms with Gasteiger partial charge in [0, 0.05) is 18.7 Å². The number of nitrogens with one attached hydrogen (secondary N) is 1. The molecule has 0 bridgehead atoms. The van der Waals surface area contributed by atoms with Crippen LogP contribution in [-0.4, -0.2) is 35.8 Å². The third-order valence-corrected chi connectivity index (χ3v) is 8.09. The summed E-state index contributed by atoms with van der Waals surface area (Å²) in [5.41, 5.74) is 5.02. The zero-order valence-corrected chi connectivity index (χ0v) is 22.2. The van der Waals surface area contributed by atoms with E-state index in [1.54, 1.807) is 24.3 Å². The van der Waals surface area contributed by atoms with Gasteiger partial charge in [0.15, 0.2) is 0 Å². The molecule has 2 amide bonds. The Kier molecular flexibility index (Phi) is 8.21. The van der Waals surface area contributed by atoms with Crippen molar-refractivity contribution in [2.24, 2.45) is 5.92 Å². The number of benzene rings is 3. The predicted octanol–water partition coefficient (Wildman–Crippen LogP) is 6.89. The molecule has 1 aliphatic heterocycles. The van der Waals surface area contributed by atoms with Crippen molar-refractivity contribution < 1.29 is 14.0 Å². The van der Waals surface area contributed by atoms with E-state index in [2.05, 4.69) is 36.5 Å². The van der Waals surface area contributed by atoms with Gasteiger partial charge in [-0.2, -0.15) is 0 Å². The number of nitrogens with zero attached hydrogens (tertiary/aromatic N) is 1. The SMILES string of the molecule is Cc1ccc([C@@H]2C[C@H]2CCC[C@H](NC(=O)c2ccc(-c3ccc(F)cc3)cc2)C(=O)N2CCCCC2)cc1. The van der Waals surface area contributed by atoms with Gasteiger partial charge in [0.2, 0.25) is 5.91 Å². The average Bonchev–Trinajstić information content (AvgIpc) is 3.73. The summed E-state index contributed by atoms with van der Waals surface area (Å²) in [6.45, 7) is 3.66. The van der Waals surface area contributed by atoms with Crippen LogP contribution < -0.4 is 5.32 Å². The van der Waals surface area contributed by atoms with E-state index in [0.717, 1.165) is 56.3 Å². The molecular formula is C33H37FN2O2. The minimum atomic E-state index is -0.506. The second kappa shape index (κ2) is 11.9. The first-order chi connectivity index (χ1) is 18.5. The quantitative estimate of drug-likeness (QED) is 0.340. The molecule has 5 heteroatoms. The molecular weight excluding hydrogens is 475 g/mol. The molecule has 3 atom stereocenters. The second-order valence-corrected chi connectivity index (χ2v) is 10.9. The van der Waals surface area contributed by atoms with E-state index in [0.29, 0.717) is 23.8 Å². The molecule has 0 radical (unpaired) electrons. The smallest absolute Gasteiger partial charge is 0.251 e. The summed E-state index contributed by atoms with van der Waals surface area (Å²) < 4.78 is 13.3. The Morgan fingerprint density at radius 3 is 2.18 bits per heavy atom. The van der Waals surface area contributed by atoms with Crippen molar-refractivity contribution in [2.75, 3.05) is 13.1 Å². The van der Waals surface area contributed by atoms with Crippen LogP contribution in [0.1, 0.15) is 72.3 Å². The maximum Gasteiger partial charge on any atom is 0.251 e. The van der Waals surface area contributed by atoms with Gasteiger partial charge in [-0.05, 0) is 98.2 Å². The van der Waals surface area contributed by atoms with E-state index in [-0.39, 0.29) is 17.6 Å². The van der Waals surface area contributed by atoms with E-state index in [1.807, 2.05) is 17.0 Å². The standard InChI is InChI=1S/C33H37FN2O2/c1-23-8-10-26(11-9-23)30-22-28(30)6-5-7-31(33(38)36-20-3-2-4-21-36)35-32(37)27-14-12-24(13-15-27)25-16-18-29(34)19-17-25/h8-19,28,30-31H,2-7,20-22H2,1H3,(H,35,37)/t28-,30+,31+/m1/s1. The van der Waals surface area contributed by atoms with Gasteiger partial charge in [-0.3, -0.25) is 9.59 Å².